The molecule has 1 atom stereocenters. The van der Waals surface area contributed by atoms with Crippen LogP contribution in [0.1, 0.15) is 30.3 Å². The summed E-state index contributed by atoms with van der Waals surface area (Å²) in [5.41, 5.74) is 0.719. The van der Waals surface area contributed by atoms with Gasteiger partial charge in [0.2, 0.25) is 21.8 Å². The average Bonchev–Trinajstić information content (AvgIpc) is 3.12. The molecule has 0 saturated heterocycles. The fourth-order valence-corrected chi connectivity index (χ4v) is 3.77. The molecule has 0 aliphatic carbocycles. The Morgan fingerprint density at radius 2 is 1.78 bits per heavy atom. The van der Waals surface area contributed by atoms with Crippen molar-refractivity contribution in [2.75, 3.05) is 0 Å². The van der Waals surface area contributed by atoms with Crippen molar-refractivity contribution in [3.63, 3.8) is 0 Å². The van der Waals surface area contributed by atoms with Crippen LogP contribution in [0.15, 0.2) is 57.8 Å². The van der Waals surface area contributed by atoms with E-state index >= 15 is 0 Å². The number of nitrogens with one attached hydrogen (secondary N) is 1. The lowest BCUT2D eigenvalue weighted by molar-refractivity contribution is 0.403. The molecule has 0 aliphatic heterocycles. The smallest absolute Gasteiger partial charge is 0.241 e. The van der Waals surface area contributed by atoms with Crippen LogP contribution in [0, 0.1) is 5.82 Å². The molecule has 1 heterocycles. The van der Waals surface area contributed by atoms with Crippen molar-refractivity contribution < 1.29 is 17.2 Å². The summed E-state index contributed by atoms with van der Waals surface area (Å²) in [6, 6.07) is 10.8. The highest BCUT2D eigenvalue weighted by Crippen LogP contribution is 2.22. The van der Waals surface area contributed by atoms with Gasteiger partial charge in [-0.15, -0.1) is 10.2 Å². The first kappa shape index (κ1) is 19.5. The molecule has 1 N–H and O–H groups in total. The minimum Gasteiger partial charge on any atom is -0.424 e. The van der Waals surface area contributed by atoms with Gasteiger partial charge in [0.1, 0.15) is 11.9 Å². The molecule has 0 amide bonds. The lowest BCUT2D eigenvalue weighted by Gasteiger charge is -2.16. The molecule has 2 aromatic carbocycles. The predicted octanol–water partition coefficient (Wildman–Crippen LogP) is 3.69. The van der Waals surface area contributed by atoms with Gasteiger partial charge in [-0.3, -0.25) is 0 Å². The average molecular weight is 410 g/mol. The molecule has 0 aliphatic rings. The Morgan fingerprint density at radius 1 is 1.11 bits per heavy atom. The third-order valence-corrected chi connectivity index (χ3v) is 5.60. The van der Waals surface area contributed by atoms with E-state index in [0.717, 1.165) is 5.56 Å². The topological polar surface area (TPSA) is 85.1 Å². The van der Waals surface area contributed by atoms with Crippen LogP contribution in [-0.4, -0.2) is 18.6 Å². The normalized spacial score (nSPS) is 12.9. The van der Waals surface area contributed by atoms with E-state index in [-0.39, 0.29) is 23.0 Å². The summed E-state index contributed by atoms with van der Waals surface area (Å²) in [6.07, 6.45) is 0.749. The molecule has 3 rings (SSSR count). The van der Waals surface area contributed by atoms with Gasteiger partial charge in [0.15, 0.2) is 0 Å². The molecule has 6 nitrogen and oxygen atoms in total. The standard InChI is InChI=1S/C18H17ClFN3O3S/c1-2-17-21-22-18(26-17)16(11-12-3-7-14(20)8-4-12)23-27(24,25)15-9-5-13(19)6-10-15/h3-10,16,23H,2,11H2,1H3. The maximum Gasteiger partial charge on any atom is 0.241 e. The van der Waals surface area contributed by atoms with E-state index in [1.165, 1.54) is 36.4 Å². The van der Waals surface area contributed by atoms with Gasteiger partial charge in [0, 0.05) is 11.4 Å². The predicted molar refractivity (Wildman–Crippen MR) is 98.3 cm³/mol. The SMILES string of the molecule is CCc1nnc(C(Cc2ccc(F)cc2)NS(=O)(=O)c2ccc(Cl)cc2)o1. The van der Waals surface area contributed by atoms with Crippen molar-refractivity contribution in [3.05, 3.63) is 76.7 Å². The van der Waals surface area contributed by atoms with Crippen LogP contribution in [0.5, 0.6) is 0 Å². The summed E-state index contributed by atoms with van der Waals surface area (Å²) in [6.45, 7) is 1.85. The monoisotopic (exact) mass is 409 g/mol. The molecule has 1 unspecified atom stereocenters. The van der Waals surface area contributed by atoms with E-state index < -0.39 is 16.1 Å². The van der Waals surface area contributed by atoms with E-state index in [4.69, 9.17) is 16.0 Å². The zero-order valence-electron chi connectivity index (χ0n) is 14.4. The van der Waals surface area contributed by atoms with Crippen molar-refractivity contribution in [2.24, 2.45) is 0 Å². The summed E-state index contributed by atoms with van der Waals surface area (Å²) >= 11 is 5.82. The zero-order chi connectivity index (χ0) is 19.4. The molecule has 0 fully saturated rings. The van der Waals surface area contributed by atoms with Crippen LogP contribution in [0.3, 0.4) is 0 Å². The maximum absolute atomic E-state index is 13.2. The minimum atomic E-state index is -3.86. The van der Waals surface area contributed by atoms with Gasteiger partial charge in [-0.1, -0.05) is 30.7 Å². The Labute approximate surface area is 161 Å². The highest BCUT2D eigenvalue weighted by Gasteiger charge is 2.26. The summed E-state index contributed by atoms with van der Waals surface area (Å²) < 4.78 is 46.8. The van der Waals surface area contributed by atoms with Gasteiger partial charge >= 0.3 is 0 Å². The van der Waals surface area contributed by atoms with E-state index in [9.17, 15) is 12.8 Å². The lowest BCUT2D eigenvalue weighted by Crippen LogP contribution is -2.30. The van der Waals surface area contributed by atoms with Gasteiger partial charge in [0.25, 0.3) is 0 Å². The van der Waals surface area contributed by atoms with Crippen molar-refractivity contribution in [3.8, 4) is 0 Å². The Bertz CT molecular complexity index is 1010. The summed E-state index contributed by atoms with van der Waals surface area (Å²) in [5.74, 6) is 0.177. The van der Waals surface area contributed by atoms with Crippen LogP contribution < -0.4 is 4.72 Å². The second-order valence-corrected chi connectivity index (χ2v) is 8.00. The largest absolute Gasteiger partial charge is 0.424 e. The number of aryl methyl sites for hydroxylation is 1. The Kier molecular flexibility index (Phi) is 5.88. The van der Waals surface area contributed by atoms with Crippen molar-refractivity contribution in [2.45, 2.75) is 30.7 Å². The highest BCUT2D eigenvalue weighted by atomic mass is 35.5. The number of sulfonamides is 1. The third-order valence-electron chi connectivity index (χ3n) is 3.86. The maximum atomic E-state index is 13.2. The van der Waals surface area contributed by atoms with Gasteiger partial charge in [-0.05, 0) is 48.4 Å². The first-order chi connectivity index (χ1) is 12.9. The molecular formula is C18H17ClFN3O3S. The molecule has 3 aromatic rings. The first-order valence-corrected chi connectivity index (χ1v) is 10.1. The Morgan fingerprint density at radius 3 is 2.37 bits per heavy atom. The van der Waals surface area contributed by atoms with Crippen LogP contribution in [-0.2, 0) is 22.9 Å². The number of nitrogens with zero attached hydrogens (tertiary/aromatic N) is 2. The summed E-state index contributed by atoms with van der Waals surface area (Å²) in [4.78, 5) is 0.0613. The second-order valence-electron chi connectivity index (χ2n) is 5.85. The third kappa shape index (κ3) is 4.91. The lowest BCUT2D eigenvalue weighted by atomic mass is 10.1. The minimum absolute atomic E-state index is 0.0613. The summed E-state index contributed by atoms with van der Waals surface area (Å²) in [5, 5.41) is 8.28. The zero-order valence-corrected chi connectivity index (χ0v) is 16.0. The number of benzene rings is 2. The van der Waals surface area contributed by atoms with Gasteiger partial charge in [0.05, 0.1) is 4.90 Å². The molecule has 0 radical (unpaired) electrons. The molecule has 0 spiro atoms. The van der Waals surface area contributed by atoms with Gasteiger partial charge in [-0.2, -0.15) is 4.72 Å². The van der Waals surface area contributed by atoms with Crippen LogP contribution in [0.25, 0.3) is 0 Å². The van der Waals surface area contributed by atoms with E-state index in [1.54, 1.807) is 12.1 Å². The van der Waals surface area contributed by atoms with Gasteiger partial charge in [-0.25, -0.2) is 12.8 Å². The highest BCUT2D eigenvalue weighted by molar-refractivity contribution is 7.89. The van der Waals surface area contributed by atoms with E-state index in [0.29, 0.717) is 17.3 Å². The molecule has 0 bridgehead atoms. The molecule has 142 valence electrons. The molecule has 27 heavy (non-hydrogen) atoms. The number of hydrogen-bond donors (Lipinski definition) is 1. The molecule has 9 heteroatoms. The van der Waals surface area contributed by atoms with Crippen LogP contribution in [0.2, 0.25) is 5.02 Å². The number of halogens is 2. The van der Waals surface area contributed by atoms with Crippen molar-refractivity contribution >= 4 is 21.6 Å². The Balaban J connectivity index is 1.91. The fraction of sp³-hybridized carbons (Fsp3) is 0.222. The molecule has 1 aromatic heterocycles. The number of rotatable bonds is 7. The van der Waals surface area contributed by atoms with Crippen molar-refractivity contribution in [1.29, 1.82) is 0 Å². The second kappa shape index (κ2) is 8.16. The van der Waals surface area contributed by atoms with Crippen LogP contribution >= 0.6 is 11.6 Å². The van der Waals surface area contributed by atoms with Gasteiger partial charge < -0.3 is 4.42 Å². The van der Waals surface area contributed by atoms with Crippen molar-refractivity contribution in [1.82, 2.24) is 14.9 Å². The van der Waals surface area contributed by atoms with Crippen LogP contribution in [0.4, 0.5) is 4.39 Å². The first-order valence-electron chi connectivity index (χ1n) is 8.22. The van der Waals surface area contributed by atoms with E-state index in [2.05, 4.69) is 14.9 Å². The molecule has 0 saturated carbocycles. The number of aromatic nitrogens is 2. The molecular weight excluding hydrogens is 393 g/mol. The number of hydrogen-bond acceptors (Lipinski definition) is 5. The fourth-order valence-electron chi connectivity index (χ4n) is 2.45. The van der Waals surface area contributed by atoms with E-state index in [1.807, 2.05) is 6.92 Å². The summed E-state index contributed by atoms with van der Waals surface area (Å²) in [7, 11) is -3.86. The Hall–Kier alpha value is -2.29. The quantitative estimate of drug-likeness (QED) is 0.643.